The minimum absolute atomic E-state index is 0.0823. The maximum atomic E-state index is 10.6. The van der Waals surface area contributed by atoms with Crippen LogP contribution in [0.3, 0.4) is 0 Å². The van der Waals surface area contributed by atoms with Gasteiger partial charge in [0.15, 0.2) is 0 Å². The van der Waals surface area contributed by atoms with Crippen LogP contribution < -0.4 is 4.90 Å². The lowest BCUT2D eigenvalue weighted by molar-refractivity contribution is 0.769. The third-order valence-corrected chi connectivity index (χ3v) is 10.3. The number of nitrogens with zero attached hydrogens (tertiary/aromatic N) is 1. The van der Waals surface area contributed by atoms with E-state index in [4.69, 9.17) is 26.0 Å². The molecule has 0 radical (unpaired) electrons. The maximum absolute atomic E-state index is 10.6. The molecule has 0 aromatic heterocycles. The smallest absolute Gasteiger partial charge is 0.0713 e. The lowest BCUT2D eigenvalue weighted by Gasteiger charge is -2.34. The van der Waals surface area contributed by atoms with Crippen molar-refractivity contribution in [3.8, 4) is 55.6 Å². The maximum Gasteiger partial charge on any atom is 0.0713 e. The Balaban J connectivity index is 1.35. The van der Waals surface area contributed by atoms with Crippen LogP contribution >= 0.6 is 0 Å². The molecule has 0 spiro atoms. The van der Waals surface area contributed by atoms with Gasteiger partial charge in [0.2, 0.25) is 0 Å². The second-order valence-corrected chi connectivity index (χ2v) is 13.8. The molecule has 0 heterocycles. The van der Waals surface area contributed by atoms with Crippen LogP contribution in [-0.4, -0.2) is 0 Å². The first kappa shape index (κ1) is 14.2. The van der Waals surface area contributed by atoms with Gasteiger partial charge >= 0.3 is 0 Å². The molecule has 0 bridgehead atoms. The zero-order valence-corrected chi connectivity index (χ0v) is 32.9. The summed E-state index contributed by atoms with van der Waals surface area (Å²) < 4.78 is 421. The van der Waals surface area contributed by atoms with Crippen molar-refractivity contribution in [1.82, 2.24) is 0 Å². The Morgan fingerprint density at radius 1 is 0.303 bits per heavy atom. The SMILES string of the molecule is [2H]c1c([2H])c([2H])c(-c2c([2H])c([2H])c(-c3c(-c4c([2H])c([2H])c([2H])c([2H])c4N(c4c([2H])c([2H])c([2H])c([2H])c4[2H])c4c([2H])c([2H])c([2H])c(-c5c([2H])c([2H])c6c(c5[2H])C(c5c([2H])c([2H])c([2H])c([2H])c5[2H])(c5c([2H])c([2H])c([2H])c([2H])c5[2H])c5c([2H])c([2H])c([2H])c([2H])c5-6)c4[2H])c([2H])c([2H])c4c([2H])c([2H])c([2H])c([2H])c34)c([2H])c2[2H])c([2H])c1[2H]. The highest BCUT2D eigenvalue weighted by Gasteiger charge is 2.46. The normalized spacial score (nSPS) is 21.9. The van der Waals surface area contributed by atoms with Crippen LogP contribution in [0, 0.1) is 0 Å². The van der Waals surface area contributed by atoms with Crippen molar-refractivity contribution < 1.29 is 61.7 Å². The topological polar surface area (TPSA) is 3.24 Å². The molecule has 0 fully saturated rings. The third kappa shape index (κ3) is 6.56. The van der Waals surface area contributed by atoms with Gasteiger partial charge in [0.1, 0.15) is 0 Å². The summed E-state index contributed by atoms with van der Waals surface area (Å²) in [6.07, 6.45) is 0. The Bertz CT molecular complexity index is 6010. The fourth-order valence-corrected chi connectivity index (χ4v) is 7.60. The first-order valence-corrected chi connectivity index (χ1v) is 19.2. The van der Waals surface area contributed by atoms with E-state index in [9.17, 15) is 35.6 Å². The van der Waals surface area contributed by atoms with Crippen molar-refractivity contribution >= 4 is 27.8 Å². The molecule has 0 N–H and O–H groups in total. The molecular formula is C65H45N. The molecule has 66 heavy (non-hydrogen) atoms. The molecule has 0 unspecified atom stereocenters. The molecule has 310 valence electrons. The van der Waals surface area contributed by atoms with Crippen LogP contribution in [0.2, 0.25) is 0 Å². The Kier molecular flexibility index (Phi) is 3.57. The number of hydrogen-bond acceptors (Lipinski definition) is 1. The standard InChI is InChI=1S/C65H45N/c1-5-20-46(21-6-1)47-36-38-49(39-37-47)64-56-31-14-13-22-48(56)40-43-60(64)59-33-16-18-35-63(59)66(54-28-11-4-12-29-54)55-30-19-23-50(44-55)51-41-42-58-57-32-15-17-34-61(57)65(62(58)45-51,52-24-7-2-8-25-52)53-26-9-3-10-27-53/h1-45H/i1D,2D,3D,4D,5D,6D,7D,8D,9D,10D,11D,12D,13D,14D,15D,16D,17D,18D,19D,20D,21D,22D,23D,24D,25D,26D,27D,28D,29D,30D,31D,32D,33D,34D,35D,36D,37D,38D,39D,40D,41D,42D,43D,44D,45D. The molecule has 1 aliphatic carbocycles. The number of hydrogen-bond donors (Lipinski definition) is 0. The fraction of sp³-hybridized carbons (Fsp3) is 0.0154. The van der Waals surface area contributed by atoms with Gasteiger partial charge in [-0.1, -0.05) is 236 Å². The van der Waals surface area contributed by atoms with E-state index in [1.54, 1.807) is 0 Å². The monoisotopic (exact) mass is 885 g/mol. The number of benzene rings is 11. The fourth-order valence-electron chi connectivity index (χ4n) is 7.60. The summed E-state index contributed by atoms with van der Waals surface area (Å²) in [6, 6.07) is -59.2. The Morgan fingerprint density at radius 3 is 1.55 bits per heavy atom. The molecule has 1 heteroatoms. The van der Waals surface area contributed by atoms with Crippen molar-refractivity contribution in [2.75, 3.05) is 4.90 Å². The average molecular weight is 885 g/mol. The summed E-state index contributed by atoms with van der Waals surface area (Å²) in [5.41, 5.74) is -24.8. The Hall–Kier alpha value is -8.52. The average Bonchev–Trinajstić information content (AvgIpc) is 1.50. The van der Waals surface area contributed by atoms with Gasteiger partial charge in [-0.2, -0.15) is 0 Å². The summed E-state index contributed by atoms with van der Waals surface area (Å²) in [5.74, 6) is 0. The summed E-state index contributed by atoms with van der Waals surface area (Å²) in [6.45, 7) is 0. The van der Waals surface area contributed by atoms with E-state index >= 15 is 0 Å². The van der Waals surface area contributed by atoms with Crippen LogP contribution in [0.25, 0.3) is 66.4 Å². The highest BCUT2D eigenvalue weighted by molar-refractivity contribution is 6.06. The molecule has 0 saturated carbocycles. The van der Waals surface area contributed by atoms with Gasteiger partial charge in [-0.15, -0.1) is 0 Å². The first-order valence-electron chi connectivity index (χ1n) is 41.7. The quantitative estimate of drug-likeness (QED) is 0.140. The molecule has 0 saturated heterocycles. The molecule has 11 aromatic rings. The van der Waals surface area contributed by atoms with Crippen molar-refractivity contribution in [3.05, 3.63) is 294 Å². The highest BCUT2D eigenvalue weighted by atomic mass is 15.1. The lowest BCUT2D eigenvalue weighted by Crippen LogP contribution is -2.28. The predicted octanol–water partition coefficient (Wildman–Crippen LogP) is 17.3. The number of anilines is 3. The largest absolute Gasteiger partial charge is 0.310 e. The van der Waals surface area contributed by atoms with Crippen LogP contribution in [-0.2, 0) is 5.41 Å². The van der Waals surface area contributed by atoms with Gasteiger partial charge in [-0.25, -0.2) is 0 Å². The van der Waals surface area contributed by atoms with Gasteiger partial charge in [0, 0.05) is 16.9 Å². The molecule has 0 atom stereocenters. The zero-order chi connectivity index (χ0) is 83.0. The molecule has 12 rings (SSSR count). The molecule has 0 amide bonds. The van der Waals surface area contributed by atoms with Gasteiger partial charge in [-0.3, -0.25) is 0 Å². The minimum Gasteiger partial charge on any atom is -0.310 e. The Labute approximate surface area is 450 Å². The summed E-state index contributed by atoms with van der Waals surface area (Å²) in [7, 11) is 0. The van der Waals surface area contributed by atoms with Crippen LogP contribution in [0.4, 0.5) is 17.1 Å². The molecule has 1 nitrogen and oxygen atoms in total. The predicted molar refractivity (Wildman–Crippen MR) is 278 cm³/mol. The van der Waals surface area contributed by atoms with Crippen molar-refractivity contribution in [2.24, 2.45) is 0 Å². The molecule has 11 aromatic carbocycles. The number of fused-ring (bicyclic) bond motifs is 4. The molecule has 1 aliphatic rings. The van der Waals surface area contributed by atoms with E-state index in [1.807, 2.05) is 0 Å². The van der Waals surface area contributed by atoms with E-state index in [2.05, 4.69) is 0 Å². The third-order valence-electron chi connectivity index (χ3n) is 10.3. The first-order chi connectivity index (χ1) is 51.5. The zero-order valence-electron chi connectivity index (χ0n) is 77.9. The Morgan fingerprint density at radius 2 is 0.803 bits per heavy atom. The van der Waals surface area contributed by atoms with Crippen LogP contribution in [0.15, 0.2) is 272 Å². The second-order valence-electron chi connectivity index (χ2n) is 13.8. The van der Waals surface area contributed by atoms with Crippen LogP contribution in [0.5, 0.6) is 0 Å². The summed E-state index contributed by atoms with van der Waals surface area (Å²) >= 11 is 0. The number of para-hydroxylation sites is 2. The highest BCUT2D eigenvalue weighted by Crippen LogP contribution is 2.57. The van der Waals surface area contributed by atoms with Gasteiger partial charge in [0.05, 0.1) is 72.8 Å². The number of rotatable bonds is 9. The van der Waals surface area contributed by atoms with Gasteiger partial charge in [0.25, 0.3) is 0 Å². The van der Waals surface area contributed by atoms with Crippen molar-refractivity contribution in [3.63, 3.8) is 0 Å². The minimum atomic E-state index is -3.56. The summed E-state index contributed by atoms with van der Waals surface area (Å²) in [5, 5.41) is -2.05. The molecular weight excluding hydrogens is 795 g/mol. The lowest BCUT2D eigenvalue weighted by atomic mass is 9.67. The van der Waals surface area contributed by atoms with E-state index < -0.39 is 383 Å². The van der Waals surface area contributed by atoms with Crippen molar-refractivity contribution in [1.29, 1.82) is 0 Å². The van der Waals surface area contributed by atoms with Crippen molar-refractivity contribution in [2.45, 2.75) is 5.41 Å². The molecule has 0 aliphatic heterocycles. The van der Waals surface area contributed by atoms with E-state index in [-0.39, 0.29) is 4.90 Å². The van der Waals surface area contributed by atoms with Gasteiger partial charge < -0.3 is 4.90 Å². The second kappa shape index (κ2) is 16.6. The van der Waals surface area contributed by atoms with Crippen LogP contribution in [0.1, 0.15) is 83.9 Å². The van der Waals surface area contributed by atoms with E-state index in [0.717, 1.165) is 0 Å². The summed E-state index contributed by atoms with van der Waals surface area (Å²) in [4.78, 5) is 0.0823. The van der Waals surface area contributed by atoms with Gasteiger partial charge in [-0.05, 0) is 119 Å². The van der Waals surface area contributed by atoms with E-state index in [0.29, 0.717) is 0 Å². The van der Waals surface area contributed by atoms with E-state index in [1.165, 1.54) is 0 Å².